The van der Waals surface area contributed by atoms with E-state index in [9.17, 15) is 9.59 Å². The third kappa shape index (κ3) is 4.10. The van der Waals surface area contributed by atoms with Crippen LogP contribution in [0.5, 0.6) is 0 Å². The van der Waals surface area contributed by atoms with Crippen molar-refractivity contribution < 1.29 is 14.3 Å². The number of morpholine rings is 1. The second-order valence-electron chi connectivity index (χ2n) is 6.33. The molecule has 1 aromatic rings. The Bertz CT molecular complexity index is 568. The van der Waals surface area contributed by atoms with E-state index in [1.54, 1.807) is 12.4 Å². The molecule has 0 spiro atoms. The van der Waals surface area contributed by atoms with Gasteiger partial charge >= 0.3 is 0 Å². The van der Waals surface area contributed by atoms with Crippen molar-refractivity contribution in [1.29, 1.82) is 0 Å². The summed E-state index contributed by atoms with van der Waals surface area (Å²) in [5.74, 6) is -0.328. The van der Waals surface area contributed by atoms with Crippen molar-refractivity contribution in [2.75, 3.05) is 39.4 Å². The highest BCUT2D eigenvalue weighted by atomic mass is 16.5. The van der Waals surface area contributed by atoms with Crippen LogP contribution in [0.4, 0.5) is 0 Å². The molecule has 1 saturated carbocycles. The lowest BCUT2D eigenvalue weighted by atomic mass is 10.1. The molecule has 1 saturated heterocycles. The molecule has 2 aliphatic rings. The van der Waals surface area contributed by atoms with Crippen molar-refractivity contribution in [3.63, 3.8) is 0 Å². The number of pyridine rings is 1. The van der Waals surface area contributed by atoms with Crippen molar-refractivity contribution in [3.05, 3.63) is 30.1 Å². The van der Waals surface area contributed by atoms with Crippen LogP contribution in [0.15, 0.2) is 24.5 Å². The molecule has 0 radical (unpaired) electrons. The van der Waals surface area contributed by atoms with Crippen LogP contribution in [0.1, 0.15) is 18.4 Å². The van der Waals surface area contributed by atoms with E-state index in [-0.39, 0.29) is 11.8 Å². The molecule has 2 amide bonds. The van der Waals surface area contributed by atoms with E-state index < -0.39 is 5.41 Å². The predicted octanol–water partition coefficient (Wildman–Crippen LogP) is -0.0736. The molecule has 24 heavy (non-hydrogen) atoms. The maximum Gasteiger partial charge on any atom is 0.235 e. The van der Waals surface area contributed by atoms with Gasteiger partial charge in [-0.25, -0.2) is 0 Å². The summed E-state index contributed by atoms with van der Waals surface area (Å²) in [4.78, 5) is 31.0. The van der Waals surface area contributed by atoms with E-state index >= 15 is 0 Å². The van der Waals surface area contributed by atoms with Gasteiger partial charge in [-0.3, -0.25) is 19.5 Å². The normalized spacial score (nSPS) is 19.5. The molecular formula is C17H24N4O3. The average Bonchev–Trinajstić information content (AvgIpc) is 3.43. The highest BCUT2D eigenvalue weighted by molar-refractivity contribution is 6.07. The quantitative estimate of drug-likeness (QED) is 0.683. The Hall–Kier alpha value is -1.99. The zero-order chi connectivity index (χ0) is 16.8. The fourth-order valence-electron chi connectivity index (χ4n) is 2.86. The highest BCUT2D eigenvalue weighted by Crippen LogP contribution is 2.46. The van der Waals surface area contributed by atoms with Gasteiger partial charge in [0.25, 0.3) is 0 Å². The van der Waals surface area contributed by atoms with E-state index in [1.807, 2.05) is 12.1 Å². The van der Waals surface area contributed by atoms with Gasteiger partial charge in [0.05, 0.1) is 13.2 Å². The first kappa shape index (κ1) is 16.9. The molecule has 1 aromatic heterocycles. The first-order chi connectivity index (χ1) is 11.7. The predicted molar refractivity (Wildman–Crippen MR) is 88.0 cm³/mol. The number of nitrogens with zero attached hydrogens (tertiary/aromatic N) is 2. The maximum atomic E-state index is 12.4. The molecule has 3 rings (SSSR count). The Labute approximate surface area is 141 Å². The zero-order valence-electron chi connectivity index (χ0n) is 13.8. The molecule has 0 unspecified atom stereocenters. The molecule has 2 N–H and O–H groups in total. The van der Waals surface area contributed by atoms with Crippen LogP contribution in [-0.4, -0.2) is 61.1 Å². The average molecular weight is 332 g/mol. The number of rotatable bonds is 7. The van der Waals surface area contributed by atoms with E-state index in [0.717, 1.165) is 38.4 Å². The van der Waals surface area contributed by atoms with Crippen LogP contribution in [0.3, 0.4) is 0 Å². The Morgan fingerprint density at radius 3 is 2.46 bits per heavy atom. The van der Waals surface area contributed by atoms with Crippen LogP contribution in [-0.2, 0) is 20.9 Å². The lowest BCUT2D eigenvalue weighted by Crippen LogP contribution is -2.46. The lowest BCUT2D eigenvalue weighted by molar-refractivity contribution is -0.137. The Morgan fingerprint density at radius 1 is 1.12 bits per heavy atom. The SMILES string of the molecule is O=C(NCCN1CCOCC1)C1(C(=O)NCc2ccncc2)CC1. The number of carbonyl (C=O) groups excluding carboxylic acids is 2. The molecule has 1 aliphatic carbocycles. The van der Waals surface area contributed by atoms with Crippen LogP contribution in [0.2, 0.25) is 0 Å². The number of nitrogens with one attached hydrogen (secondary N) is 2. The summed E-state index contributed by atoms with van der Waals surface area (Å²) in [5.41, 5.74) is 0.111. The van der Waals surface area contributed by atoms with Crippen molar-refractivity contribution in [1.82, 2.24) is 20.5 Å². The van der Waals surface area contributed by atoms with Crippen molar-refractivity contribution in [3.8, 4) is 0 Å². The molecule has 0 bridgehead atoms. The lowest BCUT2D eigenvalue weighted by Gasteiger charge is -2.26. The minimum atomic E-state index is -0.863. The summed E-state index contributed by atoms with van der Waals surface area (Å²) in [6, 6.07) is 3.70. The summed E-state index contributed by atoms with van der Waals surface area (Å²) in [6.45, 7) is 5.07. The van der Waals surface area contributed by atoms with Gasteiger partial charge in [-0.2, -0.15) is 0 Å². The van der Waals surface area contributed by atoms with Crippen LogP contribution >= 0.6 is 0 Å². The summed E-state index contributed by atoms with van der Waals surface area (Å²) >= 11 is 0. The third-order valence-corrected chi connectivity index (χ3v) is 4.64. The Morgan fingerprint density at radius 2 is 1.79 bits per heavy atom. The number of hydrogen-bond donors (Lipinski definition) is 2. The molecule has 0 aromatic carbocycles. The van der Waals surface area contributed by atoms with E-state index in [0.29, 0.717) is 25.9 Å². The third-order valence-electron chi connectivity index (χ3n) is 4.64. The molecule has 130 valence electrons. The molecule has 1 aliphatic heterocycles. The van der Waals surface area contributed by atoms with Crippen molar-refractivity contribution in [2.45, 2.75) is 19.4 Å². The van der Waals surface area contributed by atoms with Gasteiger partial charge in [-0.15, -0.1) is 0 Å². The Balaban J connectivity index is 1.42. The minimum Gasteiger partial charge on any atom is -0.379 e. The topological polar surface area (TPSA) is 83.6 Å². The minimum absolute atomic E-state index is 0.150. The molecular weight excluding hydrogens is 308 g/mol. The standard InChI is InChI=1S/C17H24N4O3/c22-15(19-7-8-21-9-11-24-12-10-21)17(3-4-17)16(23)20-13-14-1-5-18-6-2-14/h1-2,5-6H,3-4,7-13H2,(H,19,22)(H,20,23). The molecule has 0 atom stereocenters. The second kappa shape index (κ2) is 7.72. The van der Waals surface area contributed by atoms with E-state index in [1.165, 1.54) is 0 Å². The molecule has 2 heterocycles. The van der Waals surface area contributed by atoms with E-state index in [4.69, 9.17) is 4.74 Å². The Kier molecular flexibility index (Phi) is 5.42. The molecule has 7 heteroatoms. The number of amides is 2. The fourth-order valence-corrected chi connectivity index (χ4v) is 2.86. The summed E-state index contributed by atoms with van der Waals surface area (Å²) in [7, 11) is 0. The van der Waals surface area contributed by atoms with Gasteiger partial charge in [0.2, 0.25) is 11.8 Å². The highest BCUT2D eigenvalue weighted by Gasteiger charge is 2.56. The second-order valence-corrected chi connectivity index (χ2v) is 6.33. The number of hydrogen-bond acceptors (Lipinski definition) is 5. The number of carbonyl (C=O) groups is 2. The van der Waals surface area contributed by atoms with E-state index in [2.05, 4.69) is 20.5 Å². The first-order valence-corrected chi connectivity index (χ1v) is 8.46. The van der Waals surface area contributed by atoms with Gasteiger partial charge in [0.1, 0.15) is 5.41 Å². The number of aromatic nitrogens is 1. The molecule has 7 nitrogen and oxygen atoms in total. The van der Waals surface area contributed by atoms with Gasteiger partial charge < -0.3 is 15.4 Å². The maximum absolute atomic E-state index is 12.4. The summed E-state index contributed by atoms with van der Waals surface area (Å²) in [6.07, 6.45) is 4.62. The van der Waals surface area contributed by atoms with Gasteiger partial charge in [-0.1, -0.05) is 0 Å². The summed E-state index contributed by atoms with van der Waals surface area (Å²) in [5, 5.41) is 5.79. The van der Waals surface area contributed by atoms with Crippen LogP contribution in [0.25, 0.3) is 0 Å². The van der Waals surface area contributed by atoms with Gasteiger partial charge in [-0.05, 0) is 30.5 Å². The fraction of sp³-hybridized carbons (Fsp3) is 0.588. The van der Waals surface area contributed by atoms with Crippen LogP contribution < -0.4 is 10.6 Å². The first-order valence-electron chi connectivity index (χ1n) is 8.46. The van der Waals surface area contributed by atoms with Gasteiger partial charge in [0, 0.05) is 45.1 Å². The van der Waals surface area contributed by atoms with Crippen LogP contribution in [0, 0.1) is 5.41 Å². The van der Waals surface area contributed by atoms with Crippen molar-refractivity contribution >= 4 is 11.8 Å². The monoisotopic (exact) mass is 332 g/mol. The smallest absolute Gasteiger partial charge is 0.235 e. The largest absolute Gasteiger partial charge is 0.379 e. The zero-order valence-corrected chi connectivity index (χ0v) is 13.8. The van der Waals surface area contributed by atoms with Gasteiger partial charge in [0.15, 0.2) is 0 Å². The molecule has 2 fully saturated rings. The van der Waals surface area contributed by atoms with Crippen molar-refractivity contribution in [2.24, 2.45) is 5.41 Å². The summed E-state index contributed by atoms with van der Waals surface area (Å²) < 4.78 is 5.30. The number of ether oxygens (including phenoxy) is 1.